The Morgan fingerprint density at radius 2 is 1.94 bits per heavy atom. The molecule has 1 aliphatic heterocycles. The van der Waals surface area contributed by atoms with Crippen LogP contribution in [-0.2, 0) is 11.0 Å². The zero-order chi connectivity index (χ0) is 13.3. The van der Waals surface area contributed by atoms with Gasteiger partial charge in [-0.2, -0.15) is 13.2 Å². The molecule has 0 aromatic heterocycles. The van der Waals surface area contributed by atoms with Crippen LogP contribution in [0.5, 0.6) is 0 Å². The minimum absolute atomic E-state index is 0.0981. The summed E-state index contributed by atoms with van der Waals surface area (Å²) in [5.74, 6) is -1.76. The Kier molecular flexibility index (Phi) is 3.25. The van der Waals surface area contributed by atoms with Crippen molar-refractivity contribution in [3.8, 4) is 0 Å². The average molecular weight is 262 g/mol. The monoisotopic (exact) mass is 262 g/mol. The summed E-state index contributed by atoms with van der Waals surface area (Å²) < 4.78 is 50.7. The van der Waals surface area contributed by atoms with Gasteiger partial charge >= 0.3 is 6.18 Å². The summed E-state index contributed by atoms with van der Waals surface area (Å²) in [6.07, 6.45) is -4.77. The fourth-order valence-electron chi connectivity index (χ4n) is 1.81. The normalized spacial score (nSPS) is 20.7. The van der Waals surface area contributed by atoms with E-state index in [9.17, 15) is 22.4 Å². The van der Waals surface area contributed by atoms with Crippen molar-refractivity contribution in [3.05, 3.63) is 35.1 Å². The van der Waals surface area contributed by atoms with Gasteiger partial charge in [-0.1, -0.05) is 6.07 Å². The number of hydrogen-bond acceptors (Lipinski definition) is 2. The predicted molar refractivity (Wildman–Crippen MR) is 55.2 cm³/mol. The van der Waals surface area contributed by atoms with E-state index in [2.05, 4.69) is 10.6 Å². The molecule has 0 spiro atoms. The number of amides is 1. The maximum absolute atomic E-state index is 13.1. The van der Waals surface area contributed by atoms with Gasteiger partial charge in [-0.25, -0.2) is 4.39 Å². The number of hydrogen-bond donors (Lipinski definition) is 2. The SMILES string of the molecule is O=C1NCCNC1c1ccc(F)c(C(F)(F)F)c1. The first kappa shape index (κ1) is 12.8. The van der Waals surface area contributed by atoms with Gasteiger partial charge in [-0.15, -0.1) is 0 Å². The summed E-state index contributed by atoms with van der Waals surface area (Å²) in [5.41, 5.74) is -1.26. The number of nitrogens with one attached hydrogen (secondary N) is 2. The average Bonchev–Trinajstić information content (AvgIpc) is 2.29. The van der Waals surface area contributed by atoms with E-state index in [0.717, 1.165) is 6.07 Å². The third-order valence-corrected chi connectivity index (χ3v) is 2.66. The summed E-state index contributed by atoms with van der Waals surface area (Å²) >= 11 is 0. The smallest absolute Gasteiger partial charge is 0.353 e. The van der Waals surface area contributed by atoms with Crippen molar-refractivity contribution in [2.45, 2.75) is 12.2 Å². The number of halogens is 4. The Labute approximate surface area is 100 Å². The summed E-state index contributed by atoms with van der Waals surface area (Å²) in [4.78, 5) is 11.5. The largest absolute Gasteiger partial charge is 0.419 e. The highest BCUT2D eigenvalue weighted by atomic mass is 19.4. The first-order valence-electron chi connectivity index (χ1n) is 5.27. The molecule has 1 saturated heterocycles. The van der Waals surface area contributed by atoms with E-state index in [1.54, 1.807) is 0 Å². The highest BCUT2D eigenvalue weighted by molar-refractivity contribution is 5.83. The van der Waals surface area contributed by atoms with E-state index in [1.165, 1.54) is 6.07 Å². The number of alkyl halides is 3. The van der Waals surface area contributed by atoms with E-state index in [4.69, 9.17) is 0 Å². The first-order valence-corrected chi connectivity index (χ1v) is 5.27. The van der Waals surface area contributed by atoms with Gasteiger partial charge in [-0.05, 0) is 17.7 Å². The minimum Gasteiger partial charge on any atom is -0.353 e. The molecule has 0 aliphatic carbocycles. The van der Waals surface area contributed by atoms with Gasteiger partial charge in [0.2, 0.25) is 5.91 Å². The molecule has 2 rings (SSSR count). The maximum Gasteiger partial charge on any atom is 0.419 e. The van der Waals surface area contributed by atoms with Crippen LogP contribution in [0.3, 0.4) is 0 Å². The van der Waals surface area contributed by atoms with E-state index in [-0.39, 0.29) is 5.56 Å². The molecule has 18 heavy (non-hydrogen) atoms. The van der Waals surface area contributed by atoms with E-state index in [1.807, 2.05) is 0 Å². The van der Waals surface area contributed by atoms with Crippen LogP contribution in [0.25, 0.3) is 0 Å². The van der Waals surface area contributed by atoms with Crippen LogP contribution in [0.4, 0.5) is 17.6 Å². The molecule has 1 aromatic carbocycles. The Morgan fingerprint density at radius 1 is 1.22 bits per heavy atom. The third-order valence-electron chi connectivity index (χ3n) is 2.66. The molecule has 0 radical (unpaired) electrons. The van der Waals surface area contributed by atoms with Crippen LogP contribution in [0.15, 0.2) is 18.2 Å². The summed E-state index contributed by atoms with van der Waals surface area (Å²) in [7, 11) is 0. The van der Waals surface area contributed by atoms with Crippen molar-refractivity contribution >= 4 is 5.91 Å². The molecule has 1 unspecified atom stereocenters. The quantitative estimate of drug-likeness (QED) is 0.755. The molecule has 1 fully saturated rings. The second-order valence-electron chi connectivity index (χ2n) is 3.92. The molecule has 1 aromatic rings. The van der Waals surface area contributed by atoms with Gasteiger partial charge in [0, 0.05) is 13.1 Å². The number of rotatable bonds is 1. The van der Waals surface area contributed by atoms with Crippen LogP contribution >= 0.6 is 0 Å². The topological polar surface area (TPSA) is 41.1 Å². The van der Waals surface area contributed by atoms with Gasteiger partial charge in [0.15, 0.2) is 0 Å². The van der Waals surface area contributed by atoms with E-state index >= 15 is 0 Å². The number of piperazine rings is 1. The molecule has 3 nitrogen and oxygen atoms in total. The number of benzene rings is 1. The molecule has 98 valence electrons. The molecular formula is C11H10F4N2O. The molecular weight excluding hydrogens is 252 g/mol. The Hall–Kier alpha value is -1.63. The number of carbonyl (C=O) groups is 1. The molecule has 1 amide bonds. The van der Waals surface area contributed by atoms with Crippen LogP contribution in [-0.4, -0.2) is 19.0 Å². The molecule has 1 heterocycles. The predicted octanol–water partition coefficient (Wildman–Crippen LogP) is 1.60. The van der Waals surface area contributed by atoms with Crippen molar-refractivity contribution in [1.82, 2.24) is 10.6 Å². The molecule has 2 N–H and O–H groups in total. The van der Waals surface area contributed by atoms with Crippen LogP contribution < -0.4 is 10.6 Å². The van der Waals surface area contributed by atoms with Gasteiger partial charge in [0.05, 0.1) is 5.56 Å². The lowest BCUT2D eigenvalue weighted by molar-refractivity contribution is -0.140. The second kappa shape index (κ2) is 4.56. The van der Waals surface area contributed by atoms with Crippen LogP contribution in [0.2, 0.25) is 0 Å². The Morgan fingerprint density at radius 3 is 2.56 bits per heavy atom. The van der Waals surface area contributed by atoms with Crippen molar-refractivity contribution < 1.29 is 22.4 Å². The highest BCUT2D eigenvalue weighted by Gasteiger charge is 2.35. The van der Waals surface area contributed by atoms with Crippen molar-refractivity contribution in [2.24, 2.45) is 0 Å². The summed E-state index contributed by atoms with van der Waals surface area (Å²) in [6, 6.07) is 1.69. The highest BCUT2D eigenvalue weighted by Crippen LogP contribution is 2.33. The lowest BCUT2D eigenvalue weighted by Crippen LogP contribution is -2.47. The molecule has 1 atom stereocenters. The van der Waals surface area contributed by atoms with Crippen LogP contribution in [0.1, 0.15) is 17.2 Å². The van der Waals surface area contributed by atoms with Crippen LogP contribution in [0, 0.1) is 5.82 Å². The van der Waals surface area contributed by atoms with Crippen molar-refractivity contribution in [3.63, 3.8) is 0 Å². The van der Waals surface area contributed by atoms with Crippen molar-refractivity contribution in [1.29, 1.82) is 0 Å². The first-order chi connectivity index (χ1) is 8.39. The maximum atomic E-state index is 13.1. The van der Waals surface area contributed by atoms with Gasteiger partial charge in [-0.3, -0.25) is 4.79 Å². The Balaban J connectivity index is 2.37. The van der Waals surface area contributed by atoms with Gasteiger partial charge < -0.3 is 10.6 Å². The summed E-state index contributed by atoms with van der Waals surface area (Å²) in [6.45, 7) is 0.873. The second-order valence-corrected chi connectivity index (χ2v) is 3.92. The lowest BCUT2D eigenvalue weighted by atomic mass is 10.0. The van der Waals surface area contributed by atoms with Gasteiger partial charge in [0.1, 0.15) is 11.9 Å². The number of carbonyl (C=O) groups excluding carboxylic acids is 1. The lowest BCUT2D eigenvalue weighted by Gasteiger charge is -2.24. The fourth-order valence-corrected chi connectivity index (χ4v) is 1.81. The standard InChI is InChI=1S/C11H10F4N2O/c12-8-2-1-6(5-7(8)11(13,14)15)9-10(18)17-4-3-16-9/h1-2,5,9,16H,3-4H2,(H,17,18). The zero-order valence-corrected chi connectivity index (χ0v) is 9.14. The van der Waals surface area contributed by atoms with E-state index < -0.39 is 29.5 Å². The minimum atomic E-state index is -4.77. The fraction of sp³-hybridized carbons (Fsp3) is 0.364. The zero-order valence-electron chi connectivity index (χ0n) is 9.14. The third kappa shape index (κ3) is 2.45. The summed E-state index contributed by atoms with van der Waals surface area (Å²) in [5, 5.41) is 5.31. The van der Waals surface area contributed by atoms with E-state index in [0.29, 0.717) is 19.2 Å². The molecule has 7 heteroatoms. The Bertz CT molecular complexity index is 473. The van der Waals surface area contributed by atoms with Crippen molar-refractivity contribution in [2.75, 3.05) is 13.1 Å². The molecule has 1 aliphatic rings. The molecule has 0 saturated carbocycles. The molecule has 0 bridgehead atoms. The van der Waals surface area contributed by atoms with Gasteiger partial charge in [0.25, 0.3) is 0 Å².